The molecule has 4 nitrogen and oxygen atoms in total. The molecule has 0 saturated carbocycles. The minimum Gasteiger partial charge on any atom is -0.495 e. The molecule has 0 aliphatic rings. The molecule has 0 unspecified atom stereocenters. The van der Waals surface area contributed by atoms with E-state index in [1.54, 1.807) is 19.5 Å². The maximum Gasteiger partial charge on any atom is 0.159 e. The zero-order chi connectivity index (χ0) is 19.2. The maximum atomic E-state index is 13.2. The predicted molar refractivity (Wildman–Crippen MR) is 105 cm³/mol. The number of methoxy groups -OCH3 is 1. The van der Waals surface area contributed by atoms with Gasteiger partial charge in [0.05, 0.1) is 24.8 Å². The molecule has 3 rings (SSSR count). The van der Waals surface area contributed by atoms with Crippen molar-refractivity contribution in [1.29, 1.82) is 0 Å². The van der Waals surface area contributed by atoms with Crippen molar-refractivity contribution in [3.05, 3.63) is 82.8 Å². The number of hydrogen-bond acceptors (Lipinski definition) is 4. The average molecular weight is 387 g/mol. The van der Waals surface area contributed by atoms with E-state index in [0.29, 0.717) is 12.1 Å². The Bertz CT molecular complexity index is 956. The third kappa shape index (κ3) is 4.96. The van der Waals surface area contributed by atoms with Crippen molar-refractivity contribution in [2.45, 2.75) is 13.5 Å². The Morgan fingerprint density at radius 3 is 2.74 bits per heavy atom. The van der Waals surface area contributed by atoms with E-state index in [9.17, 15) is 8.78 Å². The highest BCUT2D eigenvalue weighted by Gasteiger charge is 2.06. The standard InChI is InChI=1S/C20H19F2N3OS/c1-14-12-25(13-23-14)19-6-4-15(10-20(19)26-2)7-8-27-24-11-16-3-5-17(21)18(22)9-16/h3-10,12-13,24H,11H2,1-2H3/b8-7+. The number of benzene rings is 2. The summed E-state index contributed by atoms with van der Waals surface area (Å²) in [5.74, 6) is -0.932. The topological polar surface area (TPSA) is 39.1 Å². The van der Waals surface area contributed by atoms with Crippen LogP contribution in [0.4, 0.5) is 8.78 Å². The highest BCUT2D eigenvalue weighted by Crippen LogP contribution is 2.25. The second-order valence-electron chi connectivity index (χ2n) is 5.84. The van der Waals surface area contributed by atoms with Crippen molar-refractivity contribution < 1.29 is 13.5 Å². The fraction of sp³-hybridized carbons (Fsp3) is 0.150. The molecule has 0 bridgehead atoms. The Labute approximate surface area is 161 Å². The van der Waals surface area contributed by atoms with Crippen LogP contribution in [0.1, 0.15) is 16.8 Å². The van der Waals surface area contributed by atoms with E-state index in [2.05, 4.69) is 9.71 Å². The molecule has 0 aliphatic carbocycles. The van der Waals surface area contributed by atoms with E-state index in [0.717, 1.165) is 28.8 Å². The molecule has 140 valence electrons. The second kappa shape index (κ2) is 8.83. The van der Waals surface area contributed by atoms with Crippen LogP contribution in [0.15, 0.2) is 54.3 Å². The number of rotatable bonds is 7. The number of nitrogens with one attached hydrogen (secondary N) is 1. The molecule has 0 atom stereocenters. The molecule has 0 radical (unpaired) electrons. The van der Waals surface area contributed by atoms with Crippen molar-refractivity contribution in [2.24, 2.45) is 0 Å². The molecule has 0 spiro atoms. The number of nitrogens with zero attached hydrogens (tertiary/aromatic N) is 2. The summed E-state index contributed by atoms with van der Waals surface area (Å²) in [6.45, 7) is 2.36. The van der Waals surface area contributed by atoms with Crippen LogP contribution in [0.2, 0.25) is 0 Å². The van der Waals surface area contributed by atoms with E-state index in [1.165, 1.54) is 18.0 Å². The van der Waals surface area contributed by atoms with Gasteiger partial charge < -0.3 is 9.30 Å². The van der Waals surface area contributed by atoms with Crippen molar-refractivity contribution in [1.82, 2.24) is 14.3 Å². The molecule has 0 saturated heterocycles. The lowest BCUT2D eigenvalue weighted by molar-refractivity contribution is 0.413. The van der Waals surface area contributed by atoms with Gasteiger partial charge in [0, 0.05) is 12.7 Å². The van der Waals surface area contributed by atoms with E-state index in [-0.39, 0.29) is 0 Å². The third-order valence-electron chi connectivity index (χ3n) is 3.87. The minimum absolute atomic E-state index is 0.425. The monoisotopic (exact) mass is 387 g/mol. The molecular weight excluding hydrogens is 368 g/mol. The summed E-state index contributed by atoms with van der Waals surface area (Å²) in [7, 11) is 1.63. The molecule has 27 heavy (non-hydrogen) atoms. The lowest BCUT2D eigenvalue weighted by Crippen LogP contribution is -2.02. The summed E-state index contributed by atoms with van der Waals surface area (Å²) in [5, 5.41) is 1.88. The van der Waals surface area contributed by atoms with Crippen molar-refractivity contribution in [3.63, 3.8) is 0 Å². The summed E-state index contributed by atoms with van der Waals surface area (Å²) in [6.07, 6.45) is 5.63. The first-order valence-electron chi connectivity index (χ1n) is 8.25. The van der Waals surface area contributed by atoms with Crippen LogP contribution < -0.4 is 9.46 Å². The van der Waals surface area contributed by atoms with E-state index < -0.39 is 11.6 Å². The first-order valence-corrected chi connectivity index (χ1v) is 9.13. The normalized spacial score (nSPS) is 11.3. The molecular formula is C20H19F2N3OS. The summed E-state index contributed by atoms with van der Waals surface area (Å²) in [6, 6.07) is 9.77. The first-order chi connectivity index (χ1) is 13.1. The van der Waals surface area contributed by atoms with Crippen LogP contribution in [0.5, 0.6) is 5.75 Å². The molecule has 0 amide bonds. The van der Waals surface area contributed by atoms with Gasteiger partial charge in [-0.25, -0.2) is 13.8 Å². The first kappa shape index (κ1) is 19.1. The zero-order valence-corrected chi connectivity index (χ0v) is 15.8. The molecule has 0 aliphatic heterocycles. The molecule has 0 fully saturated rings. The smallest absolute Gasteiger partial charge is 0.159 e. The van der Waals surface area contributed by atoms with Gasteiger partial charge in [0.25, 0.3) is 0 Å². The largest absolute Gasteiger partial charge is 0.495 e. The maximum absolute atomic E-state index is 13.2. The Morgan fingerprint density at radius 1 is 1.19 bits per heavy atom. The second-order valence-corrected chi connectivity index (χ2v) is 6.64. The van der Waals surface area contributed by atoms with Gasteiger partial charge in [-0.3, -0.25) is 4.72 Å². The van der Waals surface area contributed by atoms with Gasteiger partial charge in [0.1, 0.15) is 5.75 Å². The van der Waals surface area contributed by atoms with Crippen LogP contribution in [0.25, 0.3) is 11.8 Å². The molecule has 2 aromatic carbocycles. The predicted octanol–water partition coefficient (Wildman–Crippen LogP) is 4.88. The number of aromatic nitrogens is 2. The molecule has 3 aromatic rings. The molecule has 1 aromatic heterocycles. The van der Waals surface area contributed by atoms with Gasteiger partial charge in [-0.1, -0.05) is 24.1 Å². The summed E-state index contributed by atoms with van der Waals surface area (Å²) >= 11 is 1.37. The van der Waals surface area contributed by atoms with Gasteiger partial charge in [-0.05, 0) is 53.8 Å². The number of ether oxygens (including phenoxy) is 1. The molecule has 1 N–H and O–H groups in total. The lowest BCUT2D eigenvalue weighted by atomic mass is 10.2. The van der Waals surface area contributed by atoms with Gasteiger partial charge in [0.15, 0.2) is 11.6 Å². The summed E-state index contributed by atoms with van der Waals surface area (Å²) in [4.78, 5) is 4.23. The number of halogens is 2. The number of aryl methyl sites for hydroxylation is 1. The third-order valence-corrected chi connectivity index (χ3v) is 4.45. The van der Waals surface area contributed by atoms with E-state index in [4.69, 9.17) is 4.74 Å². The minimum atomic E-state index is -0.838. The highest BCUT2D eigenvalue weighted by atomic mass is 32.2. The molecule has 7 heteroatoms. The Kier molecular flexibility index (Phi) is 6.26. The number of hydrogen-bond donors (Lipinski definition) is 1. The highest BCUT2D eigenvalue weighted by molar-refractivity contribution is 8.00. The van der Waals surface area contributed by atoms with Crippen LogP contribution in [-0.4, -0.2) is 16.7 Å². The Balaban J connectivity index is 1.59. The van der Waals surface area contributed by atoms with Crippen LogP contribution in [-0.2, 0) is 6.54 Å². The fourth-order valence-electron chi connectivity index (χ4n) is 2.50. The number of imidazole rings is 1. The van der Waals surface area contributed by atoms with Crippen LogP contribution in [0.3, 0.4) is 0 Å². The van der Waals surface area contributed by atoms with Gasteiger partial charge in [-0.2, -0.15) is 0 Å². The SMILES string of the molecule is COc1cc(/C=C/SNCc2ccc(F)c(F)c2)ccc1-n1cnc(C)c1. The van der Waals surface area contributed by atoms with E-state index in [1.807, 2.05) is 47.4 Å². The zero-order valence-electron chi connectivity index (χ0n) is 14.9. The fourth-order valence-corrected chi connectivity index (χ4v) is 3.07. The summed E-state index contributed by atoms with van der Waals surface area (Å²) in [5.41, 5.74) is 3.51. The van der Waals surface area contributed by atoms with Crippen molar-refractivity contribution >= 4 is 18.0 Å². The molecule has 1 heterocycles. The van der Waals surface area contributed by atoms with Crippen LogP contribution >= 0.6 is 11.9 Å². The summed E-state index contributed by atoms with van der Waals surface area (Å²) < 4.78 is 36.6. The van der Waals surface area contributed by atoms with E-state index >= 15 is 0 Å². The van der Waals surface area contributed by atoms with Crippen LogP contribution in [0, 0.1) is 18.6 Å². The Hall–Kier alpha value is -2.64. The quantitative estimate of drug-likeness (QED) is 0.463. The average Bonchev–Trinajstić information content (AvgIpc) is 3.10. The van der Waals surface area contributed by atoms with Crippen molar-refractivity contribution in [3.8, 4) is 11.4 Å². The lowest BCUT2D eigenvalue weighted by Gasteiger charge is -2.10. The Morgan fingerprint density at radius 2 is 2.04 bits per heavy atom. The van der Waals surface area contributed by atoms with Gasteiger partial charge in [-0.15, -0.1) is 0 Å². The van der Waals surface area contributed by atoms with Crippen molar-refractivity contribution in [2.75, 3.05) is 7.11 Å². The van der Waals surface area contributed by atoms with Gasteiger partial charge in [0.2, 0.25) is 0 Å². The van der Waals surface area contributed by atoms with Gasteiger partial charge >= 0.3 is 0 Å².